The Balaban J connectivity index is 1.95. The molecule has 0 saturated carbocycles. The molecule has 0 radical (unpaired) electrons. The summed E-state index contributed by atoms with van der Waals surface area (Å²) in [7, 11) is 0. The van der Waals surface area contributed by atoms with E-state index in [1.165, 1.54) is 25.1 Å². The molecule has 0 spiro atoms. The van der Waals surface area contributed by atoms with Gasteiger partial charge in [-0.2, -0.15) is 0 Å². The summed E-state index contributed by atoms with van der Waals surface area (Å²) in [4.78, 5) is 23.6. The van der Waals surface area contributed by atoms with Gasteiger partial charge >= 0.3 is 5.97 Å². The fraction of sp³-hybridized carbons (Fsp3) is 0.200. The van der Waals surface area contributed by atoms with Crippen LogP contribution in [0.4, 0.5) is 0 Å². The van der Waals surface area contributed by atoms with Crippen LogP contribution < -0.4 is 4.74 Å². The molecule has 0 saturated heterocycles. The van der Waals surface area contributed by atoms with Gasteiger partial charge in [0.15, 0.2) is 5.78 Å². The van der Waals surface area contributed by atoms with E-state index in [4.69, 9.17) is 9.47 Å². The number of hydrogen-bond donors (Lipinski definition) is 2. The van der Waals surface area contributed by atoms with Gasteiger partial charge in [-0.1, -0.05) is 36.9 Å². The third-order valence-electron chi connectivity index (χ3n) is 3.47. The van der Waals surface area contributed by atoms with Crippen LogP contribution >= 0.6 is 0 Å². The Bertz CT molecular complexity index is 797. The van der Waals surface area contributed by atoms with Crippen molar-refractivity contribution in [1.82, 2.24) is 0 Å². The quantitative estimate of drug-likeness (QED) is 0.327. The van der Waals surface area contributed by atoms with Crippen molar-refractivity contribution in [2.75, 3.05) is 6.61 Å². The van der Waals surface area contributed by atoms with Gasteiger partial charge in [0.1, 0.15) is 11.5 Å². The number of rotatable bonds is 8. The minimum atomic E-state index is -1.23. The van der Waals surface area contributed by atoms with Crippen molar-refractivity contribution < 1.29 is 29.3 Å². The van der Waals surface area contributed by atoms with Gasteiger partial charge in [0.25, 0.3) is 0 Å². The molecule has 0 fully saturated rings. The number of carbonyl (C=O) groups is 2. The van der Waals surface area contributed by atoms with Crippen LogP contribution in [0.5, 0.6) is 11.5 Å². The molecule has 2 aromatic carbocycles. The van der Waals surface area contributed by atoms with Crippen LogP contribution in [-0.4, -0.2) is 34.9 Å². The number of aromatic hydroxyl groups is 1. The molecule has 2 aromatic rings. The van der Waals surface area contributed by atoms with Crippen molar-refractivity contribution in [3.05, 3.63) is 71.8 Å². The largest absolute Gasteiger partial charge is 0.507 e. The number of hydrogen-bond acceptors (Lipinski definition) is 6. The van der Waals surface area contributed by atoms with Crippen molar-refractivity contribution in [2.24, 2.45) is 0 Å². The summed E-state index contributed by atoms with van der Waals surface area (Å²) in [6.07, 6.45) is -1.19. The molecule has 0 aliphatic carbocycles. The van der Waals surface area contributed by atoms with E-state index in [2.05, 4.69) is 6.58 Å². The summed E-state index contributed by atoms with van der Waals surface area (Å²) >= 11 is 0. The zero-order valence-electron chi connectivity index (χ0n) is 14.3. The van der Waals surface area contributed by atoms with E-state index in [0.717, 1.165) is 0 Å². The zero-order chi connectivity index (χ0) is 19.1. The van der Waals surface area contributed by atoms with E-state index in [-0.39, 0.29) is 41.4 Å². The smallest absolute Gasteiger partial charge is 0.333 e. The Hall–Kier alpha value is -3.12. The summed E-state index contributed by atoms with van der Waals surface area (Å²) in [5.41, 5.74) is 0.855. The second-order valence-electron chi connectivity index (χ2n) is 5.65. The summed E-state index contributed by atoms with van der Waals surface area (Å²) in [6, 6.07) is 12.7. The van der Waals surface area contributed by atoms with Crippen molar-refractivity contribution in [3.8, 4) is 11.5 Å². The van der Waals surface area contributed by atoms with Gasteiger partial charge in [0.05, 0.1) is 12.2 Å². The molecule has 2 rings (SSSR count). The molecule has 6 nitrogen and oxygen atoms in total. The van der Waals surface area contributed by atoms with Gasteiger partial charge in [-0.25, -0.2) is 4.79 Å². The number of ketones is 1. The third kappa shape index (κ3) is 5.19. The van der Waals surface area contributed by atoms with E-state index < -0.39 is 12.3 Å². The number of phenolic OH excluding ortho intramolecular Hbond substituents is 1. The summed E-state index contributed by atoms with van der Waals surface area (Å²) in [5, 5.41) is 19.9. The standard InChI is InChI=1S/C20H20O6/c1-13(2)20(24)25-11-10-18(22)26-15-8-9-16(17(21)12-15)19(23)14-6-4-3-5-7-14/h3-9,12,18,21-22H,1,10-11H2,2H3. The Kier molecular flexibility index (Phi) is 6.52. The van der Waals surface area contributed by atoms with Gasteiger partial charge in [-0.05, 0) is 19.1 Å². The first-order chi connectivity index (χ1) is 12.4. The van der Waals surface area contributed by atoms with Gasteiger partial charge in [-0.15, -0.1) is 0 Å². The molecule has 1 atom stereocenters. The molecule has 6 heteroatoms. The summed E-state index contributed by atoms with van der Waals surface area (Å²) in [5.74, 6) is -0.927. The van der Waals surface area contributed by atoms with Crippen LogP contribution in [0.2, 0.25) is 0 Å². The van der Waals surface area contributed by atoms with E-state index in [1.54, 1.807) is 30.3 Å². The highest BCUT2D eigenvalue weighted by Gasteiger charge is 2.15. The normalized spacial score (nSPS) is 11.5. The summed E-state index contributed by atoms with van der Waals surface area (Å²) < 4.78 is 10.1. The Morgan fingerprint density at radius 3 is 2.46 bits per heavy atom. The molecule has 0 aliphatic heterocycles. The van der Waals surface area contributed by atoms with Crippen molar-refractivity contribution >= 4 is 11.8 Å². The van der Waals surface area contributed by atoms with Crippen LogP contribution in [0.25, 0.3) is 0 Å². The molecule has 26 heavy (non-hydrogen) atoms. The number of ether oxygens (including phenoxy) is 2. The Morgan fingerprint density at radius 1 is 1.15 bits per heavy atom. The third-order valence-corrected chi connectivity index (χ3v) is 3.47. The van der Waals surface area contributed by atoms with Crippen molar-refractivity contribution in [3.63, 3.8) is 0 Å². The molecular weight excluding hydrogens is 336 g/mol. The second kappa shape index (κ2) is 8.82. The molecule has 0 bridgehead atoms. The first-order valence-corrected chi connectivity index (χ1v) is 7.98. The SMILES string of the molecule is C=C(C)C(=O)OCCC(O)Oc1ccc(C(=O)c2ccccc2)c(O)c1. The molecule has 1 unspecified atom stereocenters. The van der Waals surface area contributed by atoms with Crippen molar-refractivity contribution in [1.29, 1.82) is 0 Å². The number of benzene rings is 2. The zero-order valence-corrected chi connectivity index (χ0v) is 14.3. The molecule has 0 aliphatic rings. The van der Waals surface area contributed by atoms with Crippen LogP contribution in [0.3, 0.4) is 0 Å². The minimum absolute atomic E-state index is 0.0383. The molecular formula is C20H20O6. The number of esters is 1. The van der Waals surface area contributed by atoms with Gasteiger partial charge < -0.3 is 19.7 Å². The second-order valence-corrected chi connectivity index (χ2v) is 5.65. The van der Waals surface area contributed by atoms with Gasteiger partial charge in [-0.3, -0.25) is 4.79 Å². The number of phenols is 1. The van der Waals surface area contributed by atoms with E-state index >= 15 is 0 Å². The Labute approximate surface area is 151 Å². The lowest BCUT2D eigenvalue weighted by molar-refractivity contribution is -0.140. The number of aliphatic hydroxyl groups excluding tert-OH is 1. The number of aliphatic hydroxyl groups is 1. The lowest BCUT2D eigenvalue weighted by Crippen LogP contribution is -2.19. The van der Waals surface area contributed by atoms with E-state index in [1.807, 2.05) is 0 Å². The highest BCUT2D eigenvalue weighted by molar-refractivity contribution is 6.10. The molecule has 0 amide bonds. The van der Waals surface area contributed by atoms with Crippen LogP contribution in [0, 0.1) is 0 Å². The molecule has 136 valence electrons. The van der Waals surface area contributed by atoms with Crippen molar-refractivity contribution in [2.45, 2.75) is 19.6 Å². The fourth-order valence-electron chi connectivity index (χ4n) is 2.11. The first-order valence-electron chi connectivity index (χ1n) is 7.98. The van der Waals surface area contributed by atoms with Gasteiger partial charge in [0.2, 0.25) is 6.29 Å². The van der Waals surface area contributed by atoms with Gasteiger partial charge in [0, 0.05) is 23.6 Å². The predicted octanol–water partition coefficient (Wildman–Crippen LogP) is 2.83. The molecule has 0 aromatic heterocycles. The fourth-order valence-corrected chi connectivity index (χ4v) is 2.11. The maximum Gasteiger partial charge on any atom is 0.333 e. The lowest BCUT2D eigenvalue weighted by atomic mass is 10.0. The Morgan fingerprint density at radius 2 is 1.85 bits per heavy atom. The highest BCUT2D eigenvalue weighted by atomic mass is 16.6. The molecule has 0 heterocycles. The van der Waals surface area contributed by atoms with Crippen LogP contribution in [0.15, 0.2) is 60.7 Å². The van der Waals surface area contributed by atoms with Crippen LogP contribution in [-0.2, 0) is 9.53 Å². The van der Waals surface area contributed by atoms with Crippen LogP contribution in [0.1, 0.15) is 29.3 Å². The highest BCUT2D eigenvalue weighted by Crippen LogP contribution is 2.26. The van der Waals surface area contributed by atoms with E-state index in [9.17, 15) is 19.8 Å². The average Bonchev–Trinajstić information content (AvgIpc) is 2.62. The lowest BCUT2D eigenvalue weighted by Gasteiger charge is -2.14. The summed E-state index contributed by atoms with van der Waals surface area (Å²) in [6.45, 7) is 4.94. The monoisotopic (exact) mass is 356 g/mol. The predicted molar refractivity (Wildman–Crippen MR) is 95.0 cm³/mol. The molecule has 2 N–H and O–H groups in total. The topological polar surface area (TPSA) is 93.1 Å². The van der Waals surface area contributed by atoms with E-state index in [0.29, 0.717) is 5.56 Å². The average molecular weight is 356 g/mol. The maximum atomic E-state index is 12.4. The first kappa shape index (κ1) is 19.2. The maximum absolute atomic E-state index is 12.4. The minimum Gasteiger partial charge on any atom is -0.507 e. The number of carbonyl (C=O) groups excluding carboxylic acids is 2.